The van der Waals surface area contributed by atoms with Crippen LogP contribution in [0.15, 0.2) is 60.8 Å². The van der Waals surface area contributed by atoms with E-state index < -0.39 is 0 Å². The van der Waals surface area contributed by atoms with Crippen molar-refractivity contribution in [2.75, 3.05) is 55.5 Å². The van der Waals surface area contributed by atoms with Crippen molar-refractivity contribution in [1.82, 2.24) is 4.98 Å². The number of hydrogen-bond donors (Lipinski definition) is 3. The van der Waals surface area contributed by atoms with Gasteiger partial charge in [-0.05, 0) is 59.7 Å². The molecule has 188 valence electrons. The number of carbonyl (C=O) groups excluding carboxylic acids is 2. The molecule has 3 N–H and O–H groups in total. The topological polar surface area (TPSA) is 111 Å². The lowest BCUT2D eigenvalue weighted by Gasteiger charge is -2.10. The second kappa shape index (κ2) is 12.7. The number of amides is 2. The lowest BCUT2D eigenvalue weighted by molar-refractivity contribution is -0.115. The Balaban J connectivity index is 1.04. The molecule has 0 saturated heterocycles. The molecule has 0 aliphatic carbocycles. The van der Waals surface area contributed by atoms with Crippen molar-refractivity contribution in [3.05, 3.63) is 66.4 Å². The Labute approximate surface area is 210 Å². The first kappa shape index (κ1) is 25.2. The van der Waals surface area contributed by atoms with Gasteiger partial charge in [0.1, 0.15) is 18.2 Å². The summed E-state index contributed by atoms with van der Waals surface area (Å²) in [5.41, 5.74) is 4.68. The van der Waals surface area contributed by atoms with Gasteiger partial charge in [0.2, 0.25) is 11.8 Å². The predicted molar refractivity (Wildman–Crippen MR) is 138 cm³/mol. The van der Waals surface area contributed by atoms with Crippen LogP contribution in [0.1, 0.15) is 12.5 Å². The largest absolute Gasteiger partial charge is 0.491 e. The summed E-state index contributed by atoms with van der Waals surface area (Å²) in [4.78, 5) is 27.0. The van der Waals surface area contributed by atoms with Crippen molar-refractivity contribution in [2.45, 2.75) is 13.3 Å². The average molecular weight is 491 g/mol. The normalized spacial score (nSPS) is 12.1. The molecule has 4 rings (SSSR count). The molecule has 1 aliphatic rings. The number of pyridine rings is 1. The minimum Gasteiger partial charge on any atom is -0.491 e. The third-order valence-electron chi connectivity index (χ3n) is 5.42. The van der Waals surface area contributed by atoms with Gasteiger partial charge in [-0.25, -0.2) is 4.98 Å². The fraction of sp³-hybridized carbons (Fsp3) is 0.296. The maximum atomic E-state index is 11.5. The Morgan fingerprint density at radius 3 is 2.44 bits per heavy atom. The maximum Gasteiger partial charge on any atom is 0.228 e. The lowest BCUT2D eigenvalue weighted by Crippen LogP contribution is -2.14. The van der Waals surface area contributed by atoms with Gasteiger partial charge in [0.25, 0.3) is 0 Å². The van der Waals surface area contributed by atoms with E-state index >= 15 is 0 Å². The summed E-state index contributed by atoms with van der Waals surface area (Å²) in [6.07, 6.45) is 2.24. The van der Waals surface area contributed by atoms with E-state index in [0.717, 1.165) is 39.6 Å². The minimum atomic E-state index is -0.106. The highest BCUT2D eigenvalue weighted by Gasteiger charge is 2.17. The molecular weight excluding hydrogens is 460 g/mol. The number of ether oxygens (including phenoxy) is 3. The summed E-state index contributed by atoms with van der Waals surface area (Å²) in [7, 11) is 0. The highest BCUT2D eigenvalue weighted by Crippen LogP contribution is 2.29. The van der Waals surface area contributed by atoms with Crippen molar-refractivity contribution < 1.29 is 23.8 Å². The molecule has 2 amide bonds. The number of aromatic nitrogens is 1. The van der Waals surface area contributed by atoms with E-state index in [1.807, 2.05) is 36.5 Å². The van der Waals surface area contributed by atoms with Crippen molar-refractivity contribution in [1.29, 1.82) is 0 Å². The third-order valence-corrected chi connectivity index (χ3v) is 5.42. The van der Waals surface area contributed by atoms with Crippen LogP contribution in [0.5, 0.6) is 5.75 Å². The summed E-state index contributed by atoms with van der Waals surface area (Å²) in [5, 5.41) is 8.80. The average Bonchev–Trinajstić information content (AvgIpc) is 3.25. The van der Waals surface area contributed by atoms with Crippen LogP contribution in [0, 0.1) is 0 Å². The Hall–Kier alpha value is -3.95. The van der Waals surface area contributed by atoms with E-state index in [1.54, 1.807) is 24.3 Å². The standard InChI is InChI=1S/C27H30N4O5/c1-19(32)30-23-4-6-24(7-5-23)36-15-14-35-13-12-34-11-10-28-26-9-3-21(18-29-26)20-2-8-25-22(16-20)17-27(33)31-25/h2-9,16,18H,10-15,17H2,1H3,(H,28,29)(H,30,32)(H,31,33). The van der Waals surface area contributed by atoms with Crippen molar-refractivity contribution in [3.8, 4) is 16.9 Å². The number of benzene rings is 2. The van der Waals surface area contributed by atoms with E-state index in [-0.39, 0.29) is 11.8 Å². The summed E-state index contributed by atoms with van der Waals surface area (Å²) < 4.78 is 16.7. The Morgan fingerprint density at radius 1 is 0.944 bits per heavy atom. The number of fused-ring (bicyclic) bond motifs is 1. The molecule has 36 heavy (non-hydrogen) atoms. The number of carbonyl (C=O) groups is 2. The maximum absolute atomic E-state index is 11.5. The molecule has 2 aromatic carbocycles. The second-order valence-electron chi connectivity index (χ2n) is 8.23. The SMILES string of the molecule is CC(=O)Nc1ccc(OCCOCCOCCNc2ccc(-c3ccc4c(c3)CC(=O)N4)cn2)cc1. The highest BCUT2D eigenvalue weighted by molar-refractivity contribution is 5.99. The molecule has 9 nitrogen and oxygen atoms in total. The second-order valence-corrected chi connectivity index (χ2v) is 8.23. The van der Waals surface area contributed by atoms with Gasteiger partial charge in [-0.2, -0.15) is 0 Å². The van der Waals surface area contributed by atoms with Crippen LogP contribution in [0.2, 0.25) is 0 Å². The zero-order valence-electron chi connectivity index (χ0n) is 20.2. The highest BCUT2D eigenvalue weighted by atomic mass is 16.5. The van der Waals surface area contributed by atoms with Crippen LogP contribution in [-0.2, 0) is 25.5 Å². The van der Waals surface area contributed by atoms with Crippen LogP contribution in [0.3, 0.4) is 0 Å². The van der Waals surface area contributed by atoms with Crippen LogP contribution in [-0.4, -0.2) is 56.4 Å². The van der Waals surface area contributed by atoms with Crippen molar-refractivity contribution in [2.24, 2.45) is 0 Å². The van der Waals surface area contributed by atoms with Gasteiger partial charge >= 0.3 is 0 Å². The number of nitrogens with one attached hydrogen (secondary N) is 3. The van der Waals surface area contributed by atoms with E-state index in [4.69, 9.17) is 14.2 Å². The molecule has 0 fully saturated rings. The van der Waals surface area contributed by atoms with E-state index in [1.165, 1.54) is 6.92 Å². The van der Waals surface area contributed by atoms with Crippen LogP contribution < -0.4 is 20.7 Å². The Morgan fingerprint density at radius 2 is 1.69 bits per heavy atom. The van der Waals surface area contributed by atoms with Crippen molar-refractivity contribution in [3.63, 3.8) is 0 Å². The molecule has 0 atom stereocenters. The molecular formula is C27H30N4O5. The van der Waals surface area contributed by atoms with E-state index in [9.17, 15) is 9.59 Å². The van der Waals surface area contributed by atoms with Crippen LogP contribution in [0.25, 0.3) is 11.1 Å². The summed E-state index contributed by atoms with van der Waals surface area (Å²) in [6.45, 7) is 4.52. The van der Waals surface area contributed by atoms with Gasteiger partial charge in [0.15, 0.2) is 0 Å². The molecule has 0 spiro atoms. The molecule has 0 radical (unpaired) electrons. The van der Waals surface area contributed by atoms with Gasteiger partial charge in [-0.1, -0.05) is 6.07 Å². The number of nitrogens with zero attached hydrogens (tertiary/aromatic N) is 1. The van der Waals surface area contributed by atoms with E-state index in [0.29, 0.717) is 46.0 Å². The number of anilines is 3. The van der Waals surface area contributed by atoms with Crippen LogP contribution in [0.4, 0.5) is 17.2 Å². The summed E-state index contributed by atoms with van der Waals surface area (Å²) >= 11 is 0. The molecule has 9 heteroatoms. The third kappa shape index (κ3) is 7.53. The first-order valence-electron chi connectivity index (χ1n) is 11.9. The first-order valence-corrected chi connectivity index (χ1v) is 11.9. The number of hydrogen-bond acceptors (Lipinski definition) is 7. The van der Waals surface area contributed by atoms with Crippen LogP contribution >= 0.6 is 0 Å². The Kier molecular flexibility index (Phi) is 8.85. The number of rotatable bonds is 13. The van der Waals surface area contributed by atoms with Gasteiger partial charge < -0.3 is 30.2 Å². The first-order chi connectivity index (χ1) is 17.6. The molecule has 1 aromatic heterocycles. The van der Waals surface area contributed by atoms with Gasteiger partial charge in [-0.15, -0.1) is 0 Å². The lowest BCUT2D eigenvalue weighted by atomic mass is 10.0. The molecule has 3 aromatic rings. The molecule has 0 bridgehead atoms. The molecule has 0 unspecified atom stereocenters. The zero-order chi connectivity index (χ0) is 25.2. The zero-order valence-corrected chi connectivity index (χ0v) is 20.2. The quantitative estimate of drug-likeness (QED) is 0.313. The molecule has 1 aliphatic heterocycles. The summed E-state index contributed by atoms with van der Waals surface area (Å²) in [6, 6.07) is 17.1. The van der Waals surface area contributed by atoms with Crippen molar-refractivity contribution >= 4 is 29.0 Å². The van der Waals surface area contributed by atoms with E-state index in [2.05, 4.69) is 20.9 Å². The predicted octanol–water partition coefficient (Wildman–Crippen LogP) is 3.73. The monoisotopic (exact) mass is 490 g/mol. The molecule has 0 saturated carbocycles. The fourth-order valence-corrected chi connectivity index (χ4v) is 3.71. The van der Waals surface area contributed by atoms with Gasteiger partial charge in [0, 0.05) is 36.6 Å². The molecule has 2 heterocycles. The summed E-state index contributed by atoms with van der Waals surface area (Å²) in [5.74, 6) is 1.42. The van der Waals surface area contributed by atoms with Gasteiger partial charge in [0.05, 0.1) is 32.8 Å². The van der Waals surface area contributed by atoms with Gasteiger partial charge in [-0.3, -0.25) is 9.59 Å². The fourth-order valence-electron chi connectivity index (χ4n) is 3.71. The Bertz CT molecular complexity index is 1170. The minimum absolute atomic E-state index is 0.0331. The smallest absolute Gasteiger partial charge is 0.228 e.